The van der Waals surface area contributed by atoms with Crippen LogP contribution in [0.5, 0.6) is 0 Å². The molecule has 0 saturated heterocycles. The van der Waals surface area contributed by atoms with Gasteiger partial charge in [-0.2, -0.15) is 5.10 Å². The molecule has 13 heavy (non-hydrogen) atoms. The second kappa shape index (κ2) is 5.02. The Morgan fingerprint density at radius 2 is 2.38 bits per heavy atom. The lowest BCUT2D eigenvalue weighted by molar-refractivity contribution is -0.137. The predicted molar refractivity (Wildman–Crippen MR) is 45.2 cm³/mol. The maximum Gasteiger partial charge on any atom is 0.303 e. The summed E-state index contributed by atoms with van der Waals surface area (Å²) in [6, 6.07) is 0. The summed E-state index contributed by atoms with van der Waals surface area (Å²) in [7, 11) is 0. The van der Waals surface area contributed by atoms with Crippen LogP contribution in [0.4, 0.5) is 5.95 Å². The first-order valence-electron chi connectivity index (χ1n) is 3.88. The highest BCUT2D eigenvalue weighted by Gasteiger charge is 1.97. The second-order valence-electron chi connectivity index (χ2n) is 2.39. The lowest BCUT2D eigenvalue weighted by Gasteiger charge is -2.00. The number of nitrogens with one attached hydrogen (secondary N) is 1. The van der Waals surface area contributed by atoms with Crippen LogP contribution in [-0.2, 0) is 4.79 Å². The zero-order valence-corrected chi connectivity index (χ0v) is 6.97. The fraction of sp³-hybridized carbons (Fsp3) is 0.429. The molecule has 1 heterocycles. The van der Waals surface area contributed by atoms with Crippen LogP contribution < -0.4 is 5.32 Å². The molecule has 6 heteroatoms. The Balaban J connectivity index is 2.17. The van der Waals surface area contributed by atoms with E-state index >= 15 is 0 Å². The molecule has 1 aromatic heterocycles. The molecule has 2 N–H and O–H groups in total. The van der Waals surface area contributed by atoms with Gasteiger partial charge in [0.1, 0.15) is 0 Å². The topological polar surface area (TPSA) is 88.0 Å². The van der Waals surface area contributed by atoms with E-state index in [1.165, 1.54) is 12.4 Å². The number of aliphatic carboxylic acids is 1. The number of aromatic nitrogens is 3. The smallest absolute Gasteiger partial charge is 0.303 e. The van der Waals surface area contributed by atoms with E-state index in [-0.39, 0.29) is 6.42 Å². The first-order chi connectivity index (χ1) is 6.29. The zero-order chi connectivity index (χ0) is 9.52. The summed E-state index contributed by atoms with van der Waals surface area (Å²) in [4.78, 5) is 14.0. The molecule has 1 rings (SSSR count). The lowest BCUT2D eigenvalue weighted by Crippen LogP contribution is -2.07. The van der Waals surface area contributed by atoms with E-state index in [0.29, 0.717) is 18.9 Å². The van der Waals surface area contributed by atoms with Crippen molar-refractivity contribution >= 4 is 11.9 Å². The van der Waals surface area contributed by atoms with Gasteiger partial charge in [-0.05, 0) is 6.42 Å². The Morgan fingerprint density at radius 1 is 1.54 bits per heavy atom. The molecule has 0 saturated carbocycles. The van der Waals surface area contributed by atoms with Gasteiger partial charge in [0.25, 0.3) is 0 Å². The average molecular weight is 182 g/mol. The number of carboxylic acids is 1. The molecular formula is C7H10N4O2. The molecule has 0 amide bonds. The normalized spacial score (nSPS) is 9.54. The predicted octanol–water partition coefficient (Wildman–Crippen LogP) is 0.148. The van der Waals surface area contributed by atoms with Crippen LogP contribution in [0.25, 0.3) is 0 Å². The third-order valence-electron chi connectivity index (χ3n) is 1.33. The summed E-state index contributed by atoms with van der Waals surface area (Å²) in [5.74, 6) is -0.373. The number of hydrogen-bond acceptors (Lipinski definition) is 5. The van der Waals surface area contributed by atoms with E-state index in [4.69, 9.17) is 5.11 Å². The van der Waals surface area contributed by atoms with Crippen LogP contribution in [0.15, 0.2) is 12.4 Å². The van der Waals surface area contributed by atoms with E-state index in [1.807, 2.05) is 0 Å². The first kappa shape index (κ1) is 9.37. The molecule has 6 nitrogen and oxygen atoms in total. The molecule has 0 aromatic carbocycles. The Kier molecular flexibility index (Phi) is 3.62. The highest BCUT2D eigenvalue weighted by atomic mass is 16.4. The maximum absolute atomic E-state index is 10.1. The Labute approximate surface area is 75.0 Å². The van der Waals surface area contributed by atoms with E-state index in [2.05, 4.69) is 20.5 Å². The molecule has 0 radical (unpaired) electrons. The van der Waals surface area contributed by atoms with Crippen LogP contribution in [0.1, 0.15) is 12.8 Å². The Bertz CT molecular complexity index is 264. The van der Waals surface area contributed by atoms with Gasteiger partial charge in [0.15, 0.2) is 0 Å². The van der Waals surface area contributed by atoms with Crippen LogP contribution in [0.2, 0.25) is 0 Å². The highest BCUT2D eigenvalue weighted by Crippen LogP contribution is 1.94. The quantitative estimate of drug-likeness (QED) is 0.630. The van der Waals surface area contributed by atoms with Crippen molar-refractivity contribution in [3.8, 4) is 0 Å². The molecule has 0 spiro atoms. The van der Waals surface area contributed by atoms with Crippen molar-refractivity contribution in [2.75, 3.05) is 11.9 Å². The summed E-state index contributed by atoms with van der Waals surface area (Å²) in [6.45, 7) is 0.540. The van der Waals surface area contributed by atoms with Crippen molar-refractivity contribution in [2.45, 2.75) is 12.8 Å². The van der Waals surface area contributed by atoms with Crippen molar-refractivity contribution in [3.63, 3.8) is 0 Å². The van der Waals surface area contributed by atoms with Crippen molar-refractivity contribution in [3.05, 3.63) is 12.4 Å². The van der Waals surface area contributed by atoms with E-state index in [9.17, 15) is 4.79 Å². The largest absolute Gasteiger partial charge is 0.481 e. The van der Waals surface area contributed by atoms with Crippen molar-refractivity contribution in [2.24, 2.45) is 0 Å². The fourth-order valence-electron chi connectivity index (χ4n) is 0.768. The molecule has 0 fully saturated rings. The van der Waals surface area contributed by atoms with E-state index < -0.39 is 5.97 Å². The molecule has 0 aliphatic carbocycles. The summed E-state index contributed by atoms with van der Waals surface area (Å²) < 4.78 is 0. The average Bonchev–Trinajstić information content (AvgIpc) is 2.14. The lowest BCUT2D eigenvalue weighted by atomic mass is 10.3. The van der Waals surface area contributed by atoms with Crippen LogP contribution in [0, 0.1) is 0 Å². The van der Waals surface area contributed by atoms with Crippen molar-refractivity contribution < 1.29 is 9.90 Å². The second-order valence-corrected chi connectivity index (χ2v) is 2.39. The highest BCUT2D eigenvalue weighted by molar-refractivity contribution is 5.66. The molecule has 0 unspecified atom stereocenters. The van der Waals surface area contributed by atoms with Gasteiger partial charge >= 0.3 is 5.97 Å². The minimum atomic E-state index is -0.797. The number of nitrogens with zero attached hydrogens (tertiary/aromatic N) is 3. The van der Waals surface area contributed by atoms with Gasteiger partial charge < -0.3 is 10.4 Å². The number of rotatable bonds is 5. The van der Waals surface area contributed by atoms with Gasteiger partial charge in [-0.1, -0.05) is 0 Å². The van der Waals surface area contributed by atoms with Crippen LogP contribution >= 0.6 is 0 Å². The number of anilines is 1. The Morgan fingerprint density at radius 3 is 3.00 bits per heavy atom. The van der Waals surface area contributed by atoms with Gasteiger partial charge in [-0.25, -0.2) is 4.98 Å². The number of carbonyl (C=O) groups is 1. The summed E-state index contributed by atoms with van der Waals surface area (Å²) in [5.41, 5.74) is 0. The molecule has 70 valence electrons. The fourth-order valence-corrected chi connectivity index (χ4v) is 0.768. The SMILES string of the molecule is O=C(O)CCCNc1nccnn1. The molecule has 0 aliphatic rings. The summed E-state index contributed by atoms with van der Waals surface area (Å²) >= 11 is 0. The molecule has 0 bridgehead atoms. The summed E-state index contributed by atoms with van der Waals surface area (Å²) in [6.07, 6.45) is 3.69. The van der Waals surface area contributed by atoms with Crippen LogP contribution in [0.3, 0.4) is 0 Å². The molecule has 0 aliphatic heterocycles. The number of carboxylic acid groups (broad SMARTS) is 1. The van der Waals surface area contributed by atoms with E-state index in [0.717, 1.165) is 0 Å². The minimum absolute atomic E-state index is 0.146. The first-order valence-corrected chi connectivity index (χ1v) is 3.88. The van der Waals surface area contributed by atoms with Gasteiger partial charge in [0.05, 0.1) is 12.4 Å². The molecular weight excluding hydrogens is 172 g/mol. The third kappa shape index (κ3) is 4.00. The minimum Gasteiger partial charge on any atom is -0.481 e. The standard InChI is InChI=1S/C7H10N4O2/c12-6(13)2-1-3-8-7-9-4-5-10-11-7/h4-5H,1-3H2,(H,12,13)(H,8,9,11). The van der Waals surface area contributed by atoms with Gasteiger partial charge in [0.2, 0.25) is 5.95 Å². The summed E-state index contributed by atoms with van der Waals surface area (Å²) in [5, 5.41) is 18.5. The van der Waals surface area contributed by atoms with Crippen molar-refractivity contribution in [1.29, 1.82) is 0 Å². The third-order valence-corrected chi connectivity index (χ3v) is 1.33. The van der Waals surface area contributed by atoms with Gasteiger partial charge in [-0.3, -0.25) is 4.79 Å². The zero-order valence-electron chi connectivity index (χ0n) is 6.97. The number of hydrogen-bond donors (Lipinski definition) is 2. The maximum atomic E-state index is 10.1. The molecule has 0 atom stereocenters. The van der Waals surface area contributed by atoms with E-state index in [1.54, 1.807) is 0 Å². The van der Waals surface area contributed by atoms with Gasteiger partial charge in [0, 0.05) is 13.0 Å². The molecule has 1 aromatic rings. The monoisotopic (exact) mass is 182 g/mol. The van der Waals surface area contributed by atoms with Crippen molar-refractivity contribution in [1.82, 2.24) is 15.2 Å². The van der Waals surface area contributed by atoms with Gasteiger partial charge in [-0.15, -0.1) is 5.10 Å². The Hall–Kier alpha value is -1.72. The van der Waals surface area contributed by atoms with Crippen LogP contribution in [-0.4, -0.2) is 32.8 Å².